The number of hydrogen-bond acceptors (Lipinski definition) is 5. The summed E-state index contributed by atoms with van der Waals surface area (Å²) in [7, 11) is 0. The standard InChI is InChI=1S/C16H23N3O3.2ClH/c17-14(9-20)16(21)18-12-6-13-10-22-15(8-19(13)7-12)11-4-2-1-3-5-11;;/h1-5,12-15,20H,6-10,17H2,(H,18,21);2*1H/t12-,13+,14+,15-;;/m1../s1. The first-order valence-corrected chi connectivity index (χ1v) is 7.74. The fourth-order valence-corrected chi connectivity index (χ4v) is 3.24. The van der Waals surface area contributed by atoms with E-state index in [1.165, 1.54) is 5.56 Å². The van der Waals surface area contributed by atoms with Crippen LogP contribution in [-0.4, -0.2) is 60.3 Å². The summed E-state index contributed by atoms with van der Waals surface area (Å²) in [5, 5.41) is 11.8. The minimum atomic E-state index is -0.842. The van der Waals surface area contributed by atoms with Gasteiger partial charge in [0.15, 0.2) is 0 Å². The molecule has 6 nitrogen and oxygen atoms in total. The average molecular weight is 378 g/mol. The Morgan fingerprint density at radius 1 is 1.33 bits per heavy atom. The number of morpholine rings is 1. The predicted octanol–water partition coefficient (Wildman–Crippen LogP) is 0.480. The van der Waals surface area contributed by atoms with Crippen molar-refractivity contribution in [2.45, 2.75) is 30.7 Å². The maximum absolute atomic E-state index is 11.8. The van der Waals surface area contributed by atoms with Crippen LogP contribution in [0.1, 0.15) is 18.1 Å². The number of nitrogens with two attached hydrogens (primary N) is 1. The highest BCUT2D eigenvalue weighted by Gasteiger charge is 2.38. The first kappa shape index (κ1) is 21.2. The third kappa shape index (κ3) is 4.81. The Labute approximate surface area is 154 Å². The summed E-state index contributed by atoms with van der Waals surface area (Å²) in [5.74, 6) is -0.284. The van der Waals surface area contributed by atoms with Gasteiger partial charge < -0.3 is 20.9 Å². The van der Waals surface area contributed by atoms with Crippen LogP contribution in [-0.2, 0) is 9.53 Å². The topological polar surface area (TPSA) is 87.8 Å². The first-order chi connectivity index (χ1) is 10.7. The monoisotopic (exact) mass is 377 g/mol. The van der Waals surface area contributed by atoms with Crippen LogP contribution in [0, 0.1) is 0 Å². The van der Waals surface area contributed by atoms with Gasteiger partial charge >= 0.3 is 0 Å². The summed E-state index contributed by atoms with van der Waals surface area (Å²) in [6.07, 6.45) is 0.956. The zero-order valence-electron chi connectivity index (χ0n) is 13.3. The van der Waals surface area contributed by atoms with Gasteiger partial charge in [0.1, 0.15) is 6.04 Å². The molecule has 0 spiro atoms. The Morgan fingerprint density at radius 2 is 2.04 bits per heavy atom. The highest BCUT2D eigenvalue weighted by molar-refractivity contribution is 5.85. The maximum atomic E-state index is 11.8. The number of nitrogens with one attached hydrogen (secondary N) is 1. The molecule has 4 atom stereocenters. The van der Waals surface area contributed by atoms with Gasteiger partial charge in [-0.15, -0.1) is 24.8 Å². The van der Waals surface area contributed by atoms with Crippen molar-refractivity contribution in [3.63, 3.8) is 0 Å². The highest BCUT2D eigenvalue weighted by atomic mass is 35.5. The van der Waals surface area contributed by atoms with Crippen molar-refractivity contribution >= 4 is 30.7 Å². The SMILES string of the molecule is Cl.Cl.N[C@@H](CO)C(=O)N[C@@H]1C[C@H]2CO[C@@H](c3ccccc3)CN2C1. The van der Waals surface area contributed by atoms with E-state index in [1.54, 1.807) is 0 Å². The summed E-state index contributed by atoms with van der Waals surface area (Å²) < 4.78 is 5.98. The number of halogens is 2. The van der Waals surface area contributed by atoms with E-state index in [2.05, 4.69) is 22.3 Å². The van der Waals surface area contributed by atoms with E-state index < -0.39 is 6.04 Å². The number of aliphatic hydroxyl groups is 1. The maximum Gasteiger partial charge on any atom is 0.239 e. The van der Waals surface area contributed by atoms with Crippen LogP contribution in [0.2, 0.25) is 0 Å². The van der Waals surface area contributed by atoms with Crippen molar-refractivity contribution in [1.29, 1.82) is 0 Å². The second-order valence-electron chi connectivity index (χ2n) is 6.07. The van der Waals surface area contributed by atoms with E-state index in [4.69, 9.17) is 15.6 Å². The third-order valence-corrected chi connectivity index (χ3v) is 4.47. The molecular formula is C16H25Cl2N3O3. The summed E-state index contributed by atoms with van der Waals surface area (Å²) >= 11 is 0. The van der Waals surface area contributed by atoms with Crippen molar-refractivity contribution < 1.29 is 14.6 Å². The number of rotatable bonds is 4. The van der Waals surface area contributed by atoms with Gasteiger partial charge in [0, 0.05) is 25.2 Å². The number of hydrogen-bond donors (Lipinski definition) is 3. The van der Waals surface area contributed by atoms with Gasteiger partial charge in [0.2, 0.25) is 5.91 Å². The third-order valence-electron chi connectivity index (χ3n) is 4.47. The summed E-state index contributed by atoms with van der Waals surface area (Å²) in [4.78, 5) is 14.1. The normalized spacial score (nSPS) is 27.3. The number of fused-ring (bicyclic) bond motifs is 1. The Kier molecular flexibility index (Phi) is 8.42. The number of aliphatic hydroxyl groups excluding tert-OH is 1. The molecule has 4 N–H and O–H groups in total. The molecule has 1 amide bonds. The van der Waals surface area contributed by atoms with Crippen molar-refractivity contribution in [3.05, 3.63) is 35.9 Å². The van der Waals surface area contributed by atoms with Crippen molar-refractivity contribution in [2.75, 3.05) is 26.3 Å². The van der Waals surface area contributed by atoms with Crippen LogP contribution in [0.4, 0.5) is 0 Å². The fourth-order valence-electron chi connectivity index (χ4n) is 3.24. The molecule has 2 saturated heterocycles. The molecule has 0 unspecified atom stereocenters. The molecule has 24 heavy (non-hydrogen) atoms. The van der Waals surface area contributed by atoms with Gasteiger partial charge in [-0.25, -0.2) is 0 Å². The molecule has 3 rings (SSSR count). The lowest BCUT2D eigenvalue weighted by atomic mass is 10.1. The fraction of sp³-hybridized carbons (Fsp3) is 0.562. The summed E-state index contributed by atoms with van der Waals surface area (Å²) in [6, 6.07) is 9.79. The molecule has 2 heterocycles. The van der Waals surface area contributed by atoms with Gasteiger partial charge in [-0.05, 0) is 12.0 Å². The van der Waals surface area contributed by atoms with Crippen molar-refractivity contribution in [2.24, 2.45) is 5.73 Å². The second kappa shape index (κ2) is 9.56. The minimum absolute atomic E-state index is 0. The van der Waals surface area contributed by atoms with E-state index in [1.807, 2.05) is 18.2 Å². The van der Waals surface area contributed by atoms with E-state index in [0.29, 0.717) is 12.6 Å². The quantitative estimate of drug-likeness (QED) is 0.710. The number of nitrogens with zero attached hydrogens (tertiary/aromatic N) is 1. The van der Waals surface area contributed by atoms with E-state index >= 15 is 0 Å². The van der Waals surface area contributed by atoms with Crippen molar-refractivity contribution in [3.8, 4) is 0 Å². The van der Waals surface area contributed by atoms with Gasteiger partial charge in [-0.2, -0.15) is 0 Å². The first-order valence-electron chi connectivity index (χ1n) is 7.74. The molecule has 2 aliphatic rings. The lowest BCUT2D eigenvalue weighted by Gasteiger charge is -2.35. The van der Waals surface area contributed by atoms with Crippen LogP contribution in [0.5, 0.6) is 0 Å². The van der Waals surface area contributed by atoms with Crippen LogP contribution < -0.4 is 11.1 Å². The Balaban J connectivity index is 0.00000144. The largest absolute Gasteiger partial charge is 0.394 e. The van der Waals surface area contributed by atoms with Gasteiger partial charge in [-0.1, -0.05) is 30.3 Å². The molecule has 0 aromatic heterocycles. The number of amides is 1. The molecule has 0 saturated carbocycles. The smallest absolute Gasteiger partial charge is 0.239 e. The van der Waals surface area contributed by atoms with Gasteiger partial charge in [-0.3, -0.25) is 9.69 Å². The molecule has 1 aromatic rings. The van der Waals surface area contributed by atoms with E-state index in [-0.39, 0.29) is 49.5 Å². The molecule has 1 aromatic carbocycles. The lowest BCUT2D eigenvalue weighted by molar-refractivity contribution is -0.123. The second-order valence-corrected chi connectivity index (χ2v) is 6.07. The van der Waals surface area contributed by atoms with Crippen LogP contribution >= 0.6 is 24.8 Å². The predicted molar refractivity (Wildman–Crippen MR) is 96.6 cm³/mol. The number of carbonyl (C=O) groups excluding carboxylic acids is 1. The summed E-state index contributed by atoms with van der Waals surface area (Å²) in [5.41, 5.74) is 6.73. The minimum Gasteiger partial charge on any atom is -0.394 e. The number of benzene rings is 1. The molecule has 2 aliphatic heterocycles. The van der Waals surface area contributed by atoms with Gasteiger partial charge in [0.25, 0.3) is 0 Å². The highest BCUT2D eigenvalue weighted by Crippen LogP contribution is 2.30. The Bertz CT molecular complexity index is 521. The molecule has 136 valence electrons. The lowest BCUT2D eigenvalue weighted by Crippen LogP contribution is -2.48. The molecule has 0 bridgehead atoms. The molecule has 0 aliphatic carbocycles. The summed E-state index contributed by atoms with van der Waals surface area (Å²) in [6.45, 7) is 2.00. The number of ether oxygens (including phenoxy) is 1. The molecule has 2 fully saturated rings. The van der Waals surface area contributed by atoms with E-state index in [0.717, 1.165) is 19.5 Å². The molecule has 0 radical (unpaired) electrons. The van der Waals surface area contributed by atoms with Crippen LogP contribution in [0.3, 0.4) is 0 Å². The van der Waals surface area contributed by atoms with Crippen LogP contribution in [0.15, 0.2) is 30.3 Å². The zero-order valence-corrected chi connectivity index (χ0v) is 15.0. The van der Waals surface area contributed by atoms with E-state index in [9.17, 15) is 4.79 Å². The van der Waals surface area contributed by atoms with Crippen molar-refractivity contribution in [1.82, 2.24) is 10.2 Å². The number of carbonyl (C=O) groups is 1. The Hall–Kier alpha value is -0.890. The van der Waals surface area contributed by atoms with Crippen LogP contribution in [0.25, 0.3) is 0 Å². The molecular weight excluding hydrogens is 353 g/mol. The zero-order chi connectivity index (χ0) is 15.5. The van der Waals surface area contributed by atoms with Gasteiger partial charge in [0.05, 0.1) is 19.3 Å². The molecule has 8 heteroatoms. The average Bonchev–Trinajstić information content (AvgIpc) is 2.96. The Morgan fingerprint density at radius 3 is 2.71 bits per heavy atom.